The molecule has 3 heterocycles. The van der Waals surface area contributed by atoms with E-state index in [2.05, 4.69) is 27.4 Å². The molecule has 0 radical (unpaired) electrons. The van der Waals surface area contributed by atoms with Crippen molar-refractivity contribution in [3.05, 3.63) is 11.1 Å². The van der Waals surface area contributed by atoms with Gasteiger partial charge in [-0.2, -0.15) is 0 Å². The van der Waals surface area contributed by atoms with Crippen LogP contribution in [-0.4, -0.2) is 41.3 Å². The summed E-state index contributed by atoms with van der Waals surface area (Å²) in [5.41, 5.74) is 1.02. The normalized spacial score (nSPS) is 23.5. The second-order valence-corrected chi connectivity index (χ2v) is 7.49. The summed E-state index contributed by atoms with van der Waals surface area (Å²) in [6.45, 7) is 5.85. The lowest BCUT2D eigenvalue weighted by Crippen LogP contribution is -2.40. The summed E-state index contributed by atoms with van der Waals surface area (Å²) in [6, 6.07) is 0. The summed E-state index contributed by atoms with van der Waals surface area (Å²) >= 11 is 1.47. The van der Waals surface area contributed by atoms with Gasteiger partial charge in [-0.25, -0.2) is 4.98 Å². The van der Waals surface area contributed by atoms with Crippen molar-refractivity contribution in [3.63, 3.8) is 0 Å². The smallest absolute Gasteiger partial charge is 0.231 e. The molecule has 0 bridgehead atoms. The Morgan fingerprint density at radius 1 is 1.43 bits per heavy atom. The number of thiazole rings is 1. The molecule has 2 aliphatic rings. The van der Waals surface area contributed by atoms with E-state index in [-0.39, 0.29) is 17.7 Å². The minimum absolute atomic E-state index is 0.0291. The Balaban J connectivity index is 1.49. The Morgan fingerprint density at radius 3 is 2.91 bits per heavy atom. The summed E-state index contributed by atoms with van der Waals surface area (Å²) in [7, 11) is 0. The first-order chi connectivity index (χ1) is 11.1. The number of rotatable bonds is 4. The number of amides is 2. The molecule has 0 unspecified atom stereocenters. The molecule has 0 aliphatic carbocycles. The zero-order chi connectivity index (χ0) is 16.2. The molecule has 1 aromatic heterocycles. The number of piperidine rings is 2. The molecule has 1 aromatic rings. The van der Waals surface area contributed by atoms with Gasteiger partial charge in [0.15, 0.2) is 5.13 Å². The van der Waals surface area contributed by atoms with Crippen molar-refractivity contribution >= 4 is 28.3 Å². The summed E-state index contributed by atoms with van der Waals surface area (Å²) in [5.74, 6) is 0.662. The Labute approximate surface area is 140 Å². The van der Waals surface area contributed by atoms with Gasteiger partial charge in [0.25, 0.3) is 0 Å². The first-order valence-corrected chi connectivity index (χ1v) is 9.22. The first-order valence-electron chi connectivity index (χ1n) is 8.34. The molecule has 126 valence electrons. The third kappa shape index (κ3) is 4.51. The van der Waals surface area contributed by atoms with Gasteiger partial charge < -0.3 is 10.6 Å². The van der Waals surface area contributed by atoms with Crippen LogP contribution in [0.2, 0.25) is 0 Å². The van der Waals surface area contributed by atoms with Crippen molar-refractivity contribution in [1.82, 2.24) is 15.2 Å². The average molecular weight is 336 g/mol. The minimum atomic E-state index is -0.149. The maximum Gasteiger partial charge on any atom is 0.231 e. The summed E-state index contributed by atoms with van der Waals surface area (Å²) in [6.07, 6.45) is 3.54. The number of anilines is 1. The number of nitrogens with one attached hydrogen (secondary N) is 2. The molecule has 6 nitrogen and oxygen atoms in total. The summed E-state index contributed by atoms with van der Waals surface area (Å²) in [4.78, 5) is 30.3. The van der Waals surface area contributed by atoms with Crippen LogP contribution < -0.4 is 10.6 Å². The predicted molar refractivity (Wildman–Crippen MR) is 90.2 cm³/mol. The average Bonchev–Trinajstić information content (AvgIpc) is 2.97. The lowest BCUT2D eigenvalue weighted by molar-refractivity contribution is -0.126. The molecule has 1 atom stereocenters. The maximum absolute atomic E-state index is 12.2. The van der Waals surface area contributed by atoms with Crippen LogP contribution in [0.4, 0.5) is 5.13 Å². The number of carbonyl (C=O) groups is 2. The van der Waals surface area contributed by atoms with Gasteiger partial charge in [0, 0.05) is 24.9 Å². The second-order valence-electron chi connectivity index (χ2n) is 6.63. The third-order valence-electron chi connectivity index (χ3n) is 4.68. The molecule has 2 N–H and O–H groups in total. The Kier molecular flexibility index (Phi) is 5.27. The van der Waals surface area contributed by atoms with Crippen LogP contribution in [0.25, 0.3) is 0 Å². The van der Waals surface area contributed by atoms with Gasteiger partial charge in [-0.05, 0) is 38.3 Å². The Bertz CT molecular complexity index is 556. The molecular weight excluding hydrogens is 312 g/mol. The zero-order valence-corrected chi connectivity index (χ0v) is 14.3. The van der Waals surface area contributed by atoms with Crippen molar-refractivity contribution in [1.29, 1.82) is 0 Å². The van der Waals surface area contributed by atoms with Crippen LogP contribution in [-0.2, 0) is 16.1 Å². The molecule has 3 rings (SSSR count). The standard InChI is InChI=1S/C16H24N4O2S/c1-11-4-6-20(7-5-11)9-13-10-23-16(18-13)19-15(22)12-2-3-14(21)17-8-12/h10-12H,2-9H2,1H3,(H,17,21)(H,18,19,22)/t12-/m1/s1. The third-order valence-corrected chi connectivity index (χ3v) is 5.49. The van der Waals surface area contributed by atoms with Crippen molar-refractivity contribution in [3.8, 4) is 0 Å². The van der Waals surface area contributed by atoms with E-state index < -0.39 is 0 Å². The lowest BCUT2D eigenvalue weighted by atomic mass is 9.98. The predicted octanol–water partition coefficient (Wildman–Crippen LogP) is 1.84. The molecular formula is C16H24N4O2S. The van der Waals surface area contributed by atoms with Gasteiger partial charge in [-0.15, -0.1) is 11.3 Å². The van der Waals surface area contributed by atoms with Gasteiger partial charge in [0.1, 0.15) is 0 Å². The molecule has 0 spiro atoms. The molecule has 2 fully saturated rings. The van der Waals surface area contributed by atoms with E-state index in [1.165, 1.54) is 24.2 Å². The van der Waals surface area contributed by atoms with E-state index in [0.717, 1.165) is 31.2 Å². The molecule has 2 saturated heterocycles. The van der Waals surface area contributed by atoms with E-state index >= 15 is 0 Å². The lowest BCUT2D eigenvalue weighted by Gasteiger charge is -2.29. The van der Waals surface area contributed by atoms with Crippen LogP contribution in [0.3, 0.4) is 0 Å². The highest BCUT2D eigenvalue weighted by Crippen LogP contribution is 2.22. The van der Waals surface area contributed by atoms with Gasteiger partial charge in [-0.3, -0.25) is 14.5 Å². The van der Waals surface area contributed by atoms with Crippen LogP contribution in [0.5, 0.6) is 0 Å². The second kappa shape index (κ2) is 7.40. The number of carbonyl (C=O) groups excluding carboxylic acids is 2. The highest BCUT2D eigenvalue weighted by Gasteiger charge is 2.25. The zero-order valence-electron chi connectivity index (χ0n) is 13.5. The number of hydrogen-bond donors (Lipinski definition) is 2. The highest BCUT2D eigenvalue weighted by atomic mass is 32.1. The van der Waals surface area contributed by atoms with E-state index in [1.54, 1.807) is 0 Å². The molecule has 2 amide bonds. The monoisotopic (exact) mass is 336 g/mol. The molecule has 23 heavy (non-hydrogen) atoms. The number of aromatic nitrogens is 1. The minimum Gasteiger partial charge on any atom is -0.355 e. The first kappa shape index (κ1) is 16.4. The fourth-order valence-electron chi connectivity index (χ4n) is 3.05. The van der Waals surface area contributed by atoms with Gasteiger partial charge >= 0.3 is 0 Å². The van der Waals surface area contributed by atoms with Gasteiger partial charge in [0.05, 0.1) is 11.6 Å². The van der Waals surface area contributed by atoms with E-state index in [1.807, 2.05) is 5.38 Å². The van der Waals surface area contributed by atoms with Crippen LogP contribution in [0.15, 0.2) is 5.38 Å². The Morgan fingerprint density at radius 2 is 2.22 bits per heavy atom. The van der Waals surface area contributed by atoms with Crippen molar-refractivity contribution in [2.45, 2.75) is 39.2 Å². The van der Waals surface area contributed by atoms with Crippen LogP contribution in [0.1, 0.15) is 38.3 Å². The van der Waals surface area contributed by atoms with Crippen molar-refractivity contribution in [2.24, 2.45) is 11.8 Å². The van der Waals surface area contributed by atoms with E-state index in [0.29, 0.717) is 24.5 Å². The molecule has 0 saturated carbocycles. The van der Waals surface area contributed by atoms with Crippen molar-refractivity contribution < 1.29 is 9.59 Å². The van der Waals surface area contributed by atoms with Gasteiger partial charge in [0.2, 0.25) is 11.8 Å². The van der Waals surface area contributed by atoms with E-state index in [4.69, 9.17) is 0 Å². The summed E-state index contributed by atoms with van der Waals surface area (Å²) < 4.78 is 0. The van der Waals surface area contributed by atoms with Crippen LogP contribution in [0, 0.1) is 11.8 Å². The number of hydrogen-bond acceptors (Lipinski definition) is 5. The highest BCUT2D eigenvalue weighted by molar-refractivity contribution is 7.13. The molecule has 2 aliphatic heterocycles. The SMILES string of the molecule is CC1CCN(Cc2csc(NC(=O)[C@@H]3CCC(=O)NC3)n2)CC1. The van der Waals surface area contributed by atoms with Crippen molar-refractivity contribution in [2.75, 3.05) is 25.0 Å². The number of likely N-dealkylation sites (tertiary alicyclic amines) is 1. The quantitative estimate of drug-likeness (QED) is 0.880. The maximum atomic E-state index is 12.2. The van der Waals surface area contributed by atoms with E-state index in [9.17, 15) is 9.59 Å². The fraction of sp³-hybridized carbons (Fsp3) is 0.688. The topological polar surface area (TPSA) is 74.3 Å². The Hall–Kier alpha value is -1.47. The number of nitrogens with zero attached hydrogens (tertiary/aromatic N) is 2. The van der Waals surface area contributed by atoms with Crippen LogP contribution >= 0.6 is 11.3 Å². The largest absolute Gasteiger partial charge is 0.355 e. The molecule has 7 heteroatoms. The summed E-state index contributed by atoms with van der Waals surface area (Å²) in [5, 5.41) is 8.31. The molecule has 0 aromatic carbocycles. The fourth-order valence-corrected chi connectivity index (χ4v) is 3.75. The van der Waals surface area contributed by atoms with Gasteiger partial charge in [-0.1, -0.05) is 6.92 Å².